The van der Waals surface area contributed by atoms with Crippen molar-refractivity contribution in [2.24, 2.45) is 10.7 Å². The van der Waals surface area contributed by atoms with E-state index < -0.39 is 0 Å². The van der Waals surface area contributed by atoms with Crippen molar-refractivity contribution < 1.29 is 9.13 Å². The number of nitrogens with two attached hydrogens (primary N) is 1. The van der Waals surface area contributed by atoms with Gasteiger partial charge < -0.3 is 15.4 Å². The first-order valence-corrected chi connectivity index (χ1v) is 7.97. The lowest BCUT2D eigenvalue weighted by molar-refractivity contribution is 0.0530. The van der Waals surface area contributed by atoms with E-state index in [1.807, 2.05) is 19.2 Å². The minimum atomic E-state index is -0.206. The van der Waals surface area contributed by atoms with Crippen LogP contribution >= 0.6 is 0 Å². The molecule has 1 heterocycles. The molecule has 0 radical (unpaired) electrons. The van der Waals surface area contributed by atoms with Crippen molar-refractivity contribution in [1.29, 1.82) is 0 Å². The van der Waals surface area contributed by atoms with E-state index in [1.165, 1.54) is 25.0 Å². The maximum atomic E-state index is 13.2. The zero-order chi connectivity index (χ0) is 15.6. The van der Waals surface area contributed by atoms with Gasteiger partial charge >= 0.3 is 0 Å². The lowest BCUT2D eigenvalue weighted by Gasteiger charge is -2.36. The summed E-state index contributed by atoms with van der Waals surface area (Å²) in [5.41, 5.74) is 7.15. The third-order valence-corrected chi connectivity index (χ3v) is 4.91. The first kappa shape index (κ1) is 15.3. The monoisotopic (exact) mass is 305 g/mol. The van der Waals surface area contributed by atoms with Crippen LogP contribution in [-0.2, 0) is 10.2 Å². The summed E-state index contributed by atoms with van der Waals surface area (Å²) in [6.07, 6.45) is 4.18. The summed E-state index contributed by atoms with van der Waals surface area (Å²) < 4.78 is 18.7. The molecule has 22 heavy (non-hydrogen) atoms. The van der Waals surface area contributed by atoms with E-state index in [0.29, 0.717) is 31.8 Å². The Balaban J connectivity index is 1.79. The van der Waals surface area contributed by atoms with E-state index in [-0.39, 0.29) is 11.2 Å². The van der Waals surface area contributed by atoms with Gasteiger partial charge in [-0.05, 0) is 43.4 Å². The molecule has 0 amide bonds. The topological polar surface area (TPSA) is 50.8 Å². The van der Waals surface area contributed by atoms with Crippen LogP contribution in [-0.4, -0.2) is 43.7 Å². The highest BCUT2D eigenvalue weighted by Gasteiger charge is 2.35. The van der Waals surface area contributed by atoms with Crippen molar-refractivity contribution in [2.75, 3.05) is 26.8 Å². The van der Waals surface area contributed by atoms with Crippen molar-refractivity contribution in [3.63, 3.8) is 0 Å². The highest BCUT2D eigenvalue weighted by atomic mass is 19.1. The Kier molecular flexibility index (Phi) is 4.34. The van der Waals surface area contributed by atoms with Gasteiger partial charge in [0.1, 0.15) is 5.82 Å². The van der Waals surface area contributed by atoms with Crippen LogP contribution in [0.2, 0.25) is 0 Å². The molecule has 2 fully saturated rings. The van der Waals surface area contributed by atoms with Gasteiger partial charge in [0.05, 0.1) is 6.54 Å². The molecule has 5 heteroatoms. The summed E-state index contributed by atoms with van der Waals surface area (Å²) in [5.74, 6) is 0.401. The third-order valence-electron chi connectivity index (χ3n) is 4.91. The predicted octanol–water partition coefficient (Wildman–Crippen LogP) is 2.28. The van der Waals surface area contributed by atoms with Gasteiger partial charge in [0.2, 0.25) is 0 Å². The number of guanidine groups is 1. The molecule has 0 bridgehead atoms. The molecule has 1 saturated heterocycles. The second-order valence-electron chi connectivity index (χ2n) is 6.42. The molecule has 1 aromatic rings. The molecule has 0 spiro atoms. The second kappa shape index (κ2) is 6.24. The van der Waals surface area contributed by atoms with E-state index in [9.17, 15) is 4.39 Å². The van der Waals surface area contributed by atoms with E-state index in [2.05, 4.69) is 9.89 Å². The zero-order valence-electron chi connectivity index (χ0n) is 13.1. The average Bonchev–Trinajstić information content (AvgIpc) is 3.38. The minimum absolute atomic E-state index is 0.0963. The Morgan fingerprint density at radius 2 is 1.95 bits per heavy atom. The molecular weight excluding hydrogens is 281 g/mol. The van der Waals surface area contributed by atoms with Crippen LogP contribution in [0.5, 0.6) is 0 Å². The fraction of sp³-hybridized carbons (Fsp3) is 0.588. The summed E-state index contributed by atoms with van der Waals surface area (Å²) in [7, 11) is 2.01. The normalized spacial score (nSPS) is 21.6. The summed E-state index contributed by atoms with van der Waals surface area (Å²) in [6, 6.07) is 7.35. The largest absolute Gasteiger partial charge is 0.381 e. The molecular formula is C17H24FN3O. The van der Waals surface area contributed by atoms with E-state index in [4.69, 9.17) is 10.5 Å². The Morgan fingerprint density at radius 3 is 2.55 bits per heavy atom. The molecule has 1 aliphatic carbocycles. The van der Waals surface area contributed by atoms with E-state index in [1.54, 1.807) is 0 Å². The number of benzene rings is 1. The van der Waals surface area contributed by atoms with Crippen LogP contribution in [0, 0.1) is 5.82 Å². The number of hydrogen-bond acceptors (Lipinski definition) is 2. The fourth-order valence-corrected chi connectivity index (χ4v) is 3.10. The number of ether oxygens (including phenoxy) is 1. The molecule has 1 saturated carbocycles. The van der Waals surface area contributed by atoms with Crippen LogP contribution in [0.15, 0.2) is 29.3 Å². The Bertz CT molecular complexity index is 533. The number of rotatable bonds is 4. The number of nitrogens with zero attached hydrogens (tertiary/aromatic N) is 2. The SMILES string of the molecule is CN(C(N)=NCC1(c2ccc(F)cc2)CCOCC1)C1CC1. The van der Waals surface area contributed by atoms with Gasteiger partial charge in [-0.3, -0.25) is 4.99 Å². The molecule has 4 nitrogen and oxygen atoms in total. The van der Waals surface area contributed by atoms with Crippen molar-refractivity contribution in [3.8, 4) is 0 Å². The molecule has 2 aliphatic rings. The van der Waals surface area contributed by atoms with Gasteiger partial charge in [-0.25, -0.2) is 4.39 Å². The molecule has 1 aromatic carbocycles. The lowest BCUT2D eigenvalue weighted by atomic mass is 9.74. The summed E-state index contributed by atoms with van der Waals surface area (Å²) in [4.78, 5) is 6.72. The zero-order valence-corrected chi connectivity index (χ0v) is 13.1. The van der Waals surface area contributed by atoms with Crippen molar-refractivity contribution >= 4 is 5.96 Å². The van der Waals surface area contributed by atoms with Crippen LogP contribution in [0.3, 0.4) is 0 Å². The molecule has 0 aromatic heterocycles. The standard InChI is InChI=1S/C17H24FN3O/c1-21(15-6-7-15)16(19)20-12-17(8-10-22-11-9-17)13-2-4-14(18)5-3-13/h2-5,15H,6-12H2,1H3,(H2,19,20). The van der Waals surface area contributed by atoms with Crippen molar-refractivity contribution in [2.45, 2.75) is 37.1 Å². The summed E-state index contributed by atoms with van der Waals surface area (Å²) in [5, 5.41) is 0. The molecule has 3 rings (SSSR count). The van der Waals surface area contributed by atoms with Crippen LogP contribution in [0.25, 0.3) is 0 Å². The van der Waals surface area contributed by atoms with Gasteiger partial charge in [0.15, 0.2) is 5.96 Å². The molecule has 1 aliphatic heterocycles. The summed E-state index contributed by atoms with van der Waals surface area (Å²) in [6.45, 7) is 2.06. The van der Waals surface area contributed by atoms with E-state index in [0.717, 1.165) is 18.4 Å². The molecule has 120 valence electrons. The predicted molar refractivity (Wildman–Crippen MR) is 85.4 cm³/mol. The molecule has 0 unspecified atom stereocenters. The van der Waals surface area contributed by atoms with Gasteiger partial charge in [-0.1, -0.05) is 12.1 Å². The lowest BCUT2D eigenvalue weighted by Crippen LogP contribution is -2.40. The smallest absolute Gasteiger partial charge is 0.191 e. The van der Waals surface area contributed by atoms with Gasteiger partial charge in [-0.2, -0.15) is 0 Å². The Morgan fingerprint density at radius 1 is 1.32 bits per heavy atom. The van der Waals surface area contributed by atoms with Gasteiger partial charge in [0, 0.05) is 31.7 Å². The maximum absolute atomic E-state index is 13.2. The third kappa shape index (κ3) is 3.24. The highest BCUT2D eigenvalue weighted by molar-refractivity contribution is 5.78. The first-order chi connectivity index (χ1) is 10.6. The molecule has 0 atom stereocenters. The average molecular weight is 305 g/mol. The van der Waals surface area contributed by atoms with E-state index >= 15 is 0 Å². The van der Waals surface area contributed by atoms with Crippen LogP contribution in [0.1, 0.15) is 31.2 Å². The van der Waals surface area contributed by atoms with Crippen molar-refractivity contribution in [3.05, 3.63) is 35.6 Å². The highest BCUT2D eigenvalue weighted by Crippen LogP contribution is 2.35. The Hall–Kier alpha value is -1.62. The van der Waals surface area contributed by atoms with Crippen LogP contribution < -0.4 is 5.73 Å². The summed E-state index contributed by atoms with van der Waals surface area (Å²) >= 11 is 0. The number of aliphatic imine (C=N–C) groups is 1. The quantitative estimate of drug-likeness (QED) is 0.686. The number of hydrogen-bond donors (Lipinski definition) is 1. The maximum Gasteiger partial charge on any atom is 0.191 e. The first-order valence-electron chi connectivity index (χ1n) is 7.97. The van der Waals surface area contributed by atoms with Gasteiger partial charge in [-0.15, -0.1) is 0 Å². The fourth-order valence-electron chi connectivity index (χ4n) is 3.10. The number of halogens is 1. The molecule has 2 N–H and O–H groups in total. The minimum Gasteiger partial charge on any atom is -0.381 e. The van der Waals surface area contributed by atoms with Crippen molar-refractivity contribution in [1.82, 2.24) is 4.90 Å². The van der Waals surface area contributed by atoms with Crippen LogP contribution in [0.4, 0.5) is 4.39 Å². The Labute approximate surface area is 131 Å². The second-order valence-corrected chi connectivity index (χ2v) is 6.42. The van der Waals surface area contributed by atoms with Gasteiger partial charge in [0.25, 0.3) is 0 Å².